The molecule has 4 rings (SSSR count). The van der Waals surface area contributed by atoms with Crippen molar-refractivity contribution in [3.63, 3.8) is 0 Å². The molecule has 1 aromatic carbocycles. The number of methoxy groups -OCH3 is 1. The maximum atomic E-state index is 5.80. The number of aromatic nitrogens is 2. The van der Waals surface area contributed by atoms with E-state index in [1.165, 1.54) is 5.56 Å². The van der Waals surface area contributed by atoms with Gasteiger partial charge in [-0.25, -0.2) is 4.98 Å². The second-order valence-corrected chi connectivity index (χ2v) is 6.86. The van der Waals surface area contributed by atoms with Crippen LogP contribution in [0.15, 0.2) is 36.5 Å². The van der Waals surface area contributed by atoms with Gasteiger partial charge in [-0.05, 0) is 30.2 Å². The molecule has 1 N–H and O–H groups in total. The molecule has 1 aromatic heterocycles. The first kappa shape index (κ1) is 18.0. The fourth-order valence-electron chi connectivity index (χ4n) is 3.62. The van der Waals surface area contributed by atoms with Gasteiger partial charge in [-0.3, -0.25) is 0 Å². The predicted molar refractivity (Wildman–Crippen MR) is 103 cm³/mol. The van der Waals surface area contributed by atoms with Gasteiger partial charge in [0, 0.05) is 38.7 Å². The Morgan fingerprint density at radius 2 is 2.00 bits per heavy atom. The Labute approximate surface area is 159 Å². The second kappa shape index (κ2) is 8.10. The van der Waals surface area contributed by atoms with E-state index in [2.05, 4.69) is 32.3 Å². The quantitative estimate of drug-likeness (QED) is 0.838. The topological polar surface area (TPSA) is 68.7 Å². The molecule has 2 saturated heterocycles. The van der Waals surface area contributed by atoms with Crippen molar-refractivity contribution in [1.29, 1.82) is 0 Å². The Morgan fingerprint density at radius 3 is 2.78 bits per heavy atom. The Bertz CT molecular complexity index is 754. The molecule has 0 radical (unpaired) electrons. The van der Waals surface area contributed by atoms with Crippen molar-refractivity contribution < 1.29 is 14.2 Å². The highest BCUT2D eigenvalue weighted by Crippen LogP contribution is 2.32. The maximum absolute atomic E-state index is 5.80. The monoisotopic (exact) mass is 370 g/mol. The van der Waals surface area contributed by atoms with Crippen molar-refractivity contribution in [3.8, 4) is 5.75 Å². The summed E-state index contributed by atoms with van der Waals surface area (Å²) in [6.45, 7) is 3.92. The molecule has 2 aliphatic heterocycles. The number of anilines is 2. The molecule has 0 bridgehead atoms. The number of hydrogen-bond donors (Lipinski definition) is 1. The lowest BCUT2D eigenvalue weighted by molar-refractivity contribution is -0.169. The maximum Gasteiger partial charge on any atom is 0.224 e. The molecule has 0 atom stereocenters. The number of hydrogen-bond acceptors (Lipinski definition) is 7. The average molecular weight is 370 g/mol. The standard InChI is InChI=1S/C20H26N4O3/c1-25-17-4-2-3-16(15-17)5-9-21-19-22-10-6-18(23-19)24-11-7-20(8-12-24)26-13-14-27-20/h2-4,6,10,15H,5,7-9,11-14H2,1H3,(H,21,22,23). The third-order valence-corrected chi connectivity index (χ3v) is 5.13. The molecule has 2 fully saturated rings. The zero-order valence-electron chi connectivity index (χ0n) is 15.7. The first-order chi connectivity index (χ1) is 13.3. The molecule has 27 heavy (non-hydrogen) atoms. The van der Waals surface area contributed by atoms with E-state index in [1.807, 2.05) is 24.4 Å². The van der Waals surface area contributed by atoms with Crippen molar-refractivity contribution in [2.24, 2.45) is 0 Å². The summed E-state index contributed by atoms with van der Waals surface area (Å²) >= 11 is 0. The molecule has 1 spiro atoms. The largest absolute Gasteiger partial charge is 0.497 e. The summed E-state index contributed by atoms with van der Waals surface area (Å²) in [4.78, 5) is 11.3. The molecule has 0 unspecified atom stereocenters. The lowest BCUT2D eigenvalue weighted by Gasteiger charge is -2.38. The molecule has 0 amide bonds. The summed E-state index contributed by atoms with van der Waals surface area (Å²) in [7, 11) is 1.68. The van der Waals surface area contributed by atoms with Crippen LogP contribution in [0.1, 0.15) is 18.4 Å². The highest BCUT2D eigenvalue weighted by molar-refractivity contribution is 5.43. The van der Waals surface area contributed by atoms with Crippen LogP contribution >= 0.6 is 0 Å². The molecular formula is C20H26N4O3. The van der Waals surface area contributed by atoms with Crippen LogP contribution in [0.5, 0.6) is 5.75 Å². The van der Waals surface area contributed by atoms with Gasteiger partial charge in [0.15, 0.2) is 5.79 Å². The van der Waals surface area contributed by atoms with Gasteiger partial charge in [0.05, 0.1) is 20.3 Å². The van der Waals surface area contributed by atoms with Gasteiger partial charge in [0.1, 0.15) is 11.6 Å². The minimum Gasteiger partial charge on any atom is -0.497 e. The van der Waals surface area contributed by atoms with E-state index < -0.39 is 0 Å². The van der Waals surface area contributed by atoms with Crippen LogP contribution in [0.25, 0.3) is 0 Å². The van der Waals surface area contributed by atoms with E-state index in [0.717, 1.165) is 50.5 Å². The summed E-state index contributed by atoms with van der Waals surface area (Å²) in [6, 6.07) is 10.1. The first-order valence-electron chi connectivity index (χ1n) is 9.49. The zero-order chi connectivity index (χ0) is 18.5. The third-order valence-electron chi connectivity index (χ3n) is 5.13. The van der Waals surface area contributed by atoms with E-state index in [4.69, 9.17) is 14.2 Å². The Balaban J connectivity index is 1.31. The van der Waals surface area contributed by atoms with E-state index in [0.29, 0.717) is 19.2 Å². The third kappa shape index (κ3) is 4.31. The van der Waals surface area contributed by atoms with E-state index in [9.17, 15) is 0 Å². The molecule has 0 saturated carbocycles. The van der Waals surface area contributed by atoms with Gasteiger partial charge >= 0.3 is 0 Å². The van der Waals surface area contributed by atoms with Crippen molar-refractivity contribution in [1.82, 2.24) is 9.97 Å². The molecule has 7 nitrogen and oxygen atoms in total. The molecule has 0 aliphatic carbocycles. The summed E-state index contributed by atoms with van der Waals surface area (Å²) in [5, 5.41) is 3.32. The Morgan fingerprint density at radius 1 is 1.19 bits per heavy atom. The summed E-state index contributed by atoms with van der Waals surface area (Å²) in [5.74, 6) is 2.12. The SMILES string of the molecule is COc1cccc(CCNc2nccc(N3CCC4(CC3)OCCO4)n2)c1. The Hall–Kier alpha value is -2.38. The average Bonchev–Trinajstić information content (AvgIpc) is 3.17. The lowest BCUT2D eigenvalue weighted by atomic mass is 10.0. The molecule has 3 heterocycles. The summed E-state index contributed by atoms with van der Waals surface area (Å²) < 4.78 is 16.9. The fraction of sp³-hybridized carbons (Fsp3) is 0.500. The van der Waals surface area contributed by atoms with E-state index >= 15 is 0 Å². The predicted octanol–water partition coefficient (Wildman–Crippen LogP) is 2.48. The summed E-state index contributed by atoms with van der Waals surface area (Å²) in [6.07, 6.45) is 4.43. The number of nitrogens with one attached hydrogen (secondary N) is 1. The minimum absolute atomic E-state index is 0.360. The highest BCUT2D eigenvalue weighted by Gasteiger charge is 2.40. The van der Waals surface area contributed by atoms with Gasteiger partial charge in [-0.1, -0.05) is 12.1 Å². The minimum atomic E-state index is -0.360. The number of benzene rings is 1. The number of rotatable bonds is 6. The first-order valence-corrected chi connectivity index (χ1v) is 9.49. The van der Waals surface area contributed by atoms with Crippen LogP contribution in [-0.2, 0) is 15.9 Å². The molecule has 2 aromatic rings. The number of nitrogens with zero attached hydrogens (tertiary/aromatic N) is 3. The zero-order valence-corrected chi connectivity index (χ0v) is 15.7. The van der Waals surface area contributed by atoms with Gasteiger partial charge in [-0.15, -0.1) is 0 Å². The van der Waals surface area contributed by atoms with Crippen molar-refractivity contribution >= 4 is 11.8 Å². The summed E-state index contributed by atoms with van der Waals surface area (Å²) in [5.41, 5.74) is 1.22. The van der Waals surface area contributed by atoms with Crippen LogP contribution in [0, 0.1) is 0 Å². The van der Waals surface area contributed by atoms with Crippen LogP contribution in [-0.4, -0.2) is 55.7 Å². The number of piperidine rings is 1. The van der Waals surface area contributed by atoms with Gasteiger partial charge in [-0.2, -0.15) is 4.98 Å². The van der Waals surface area contributed by atoms with Crippen molar-refractivity contribution in [2.75, 3.05) is 50.2 Å². The Kier molecular flexibility index (Phi) is 5.40. The van der Waals surface area contributed by atoms with Crippen LogP contribution < -0.4 is 15.0 Å². The van der Waals surface area contributed by atoms with Gasteiger partial charge in [0.25, 0.3) is 0 Å². The van der Waals surface area contributed by atoms with Gasteiger partial charge < -0.3 is 24.4 Å². The lowest BCUT2D eigenvalue weighted by Crippen LogP contribution is -2.45. The van der Waals surface area contributed by atoms with Crippen molar-refractivity contribution in [3.05, 3.63) is 42.1 Å². The van der Waals surface area contributed by atoms with E-state index in [1.54, 1.807) is 7.11 Å². The molecule has 2 aliphatic rings. The van der Waals surface area contributed by atoms with E-state index in [-0.39, 0.29) is 5.79 Å². The van der Waals surface area contributed by atoms with Crippen LogP contribution in [0.4, 0.5) is 11.8 Å². The number of ether oxygens (including phenoxy) is 3. The highest BCUT2D eigenvalue weighted by atomic mass is 16.7. The van der Waals surface area contributed by atoms with Crippen LogP contribution in [0.3, 0.4) is 0 Å². The van der Waals surface area contributed by atoms with Crippen LogP contribution in [0.2, 0.25) is 0 Å². The smallest absolute Gasteiger partial charge is 0.224 e. The molecule has 144 valence electrons. The molecule has 7 heteroatoms. The molecular weight excluding hydrogens is 344 g/mol. The normalized spacial score (nSPS) is 18.6. The van der Waals surface area contributed by atoms with Gasteiger partial charge in [0.2, 0.25) is 5.95 Å². The van der Waals surface area contributed by atoms with Crippen molar-refractivity contribution in [2.45, 2.75) is 25.0 Å². The fourth-order valence-corrected chi connectivity index (χ4v) is 3.62. The second-order valence-electron chi connectivity index (χ2n) is 6.86.